The molecule has 0 aliphatic carbocycles. The normalized spacial score (nSPS) is 20.2. The number of methoxy groups -OCH3 is 1. The fraction of sp³-hybridized carbons (Fsp3) is 0.389. The summed E-state index contributed by atoms with van der Waals surface area (Å²) in [6.45, 7) is 3.64. The van der Waals surface area contributed by atoms with Gasteiger partial charge < -0.3 is 39.8 Å². The fourth-order valence-corrected chi connectivity index (χ4v) is 7.00. The zero-order chi connectivity index (χ0) is 35.5. The van der Waals surface area contributed by atoms with Gasteiger partial charge >= 0.3 is 12.2 Å². The number of hydrogen-bond acceptors (Lipinski definition) is 7. The molecule has 4 aromatic rings. The number of imidazole rings is 2. The van der Waals surface area contributed by atoms with E-state index in [9.17, 15) is 24.3 Å². The number of likely N-dealkylation sites (tertiary alicyclic amines) is 2. The van der Waals surface area contributed by atoms with Crippen molar-refractivity contribution in [2.24, 2.45) is 0 Å². The van der Waals surface area contributed by atoms with Crippen LogP contribution in [-0.4, -0.2) is 103 Å². The number of carboxylic acid groups (broad SMARTS) is 1. The molecule has 4 amide bonds. The van der Waals surface area contributed by atoms with Gasteiger partial charge in [0.25, 0.3) is 0 Å². The van der Waals surface area contributed by atoms with Crippen LogP contribution in [0.3, 0.4) is 0 Å². The minimum atomic E-state index is -1.14. The van der Waals surface area contributed by atoms with E-state index in [1.807, 2.05) is 38.1 Å². The highest BCUT2D eigenvalue weighted by atomic mass is 16.5. The highest BCUT2D eigenvalue weighted by molar-refractivity contribution is 5.83. The van der Waals surface area contributed by atoms with Gasteiger partial charge in [-0.25, -0.2) is 19.6 Å². The van der Waals surface area contributed by atoms with E-state index in [0.29, 0.717) is 11.6 Å². The van der Waals surface area contributed by atoms with Crippen molar-refractivity contribution in [3.05, 3.63) is 72.6 Å². The summed E-state index contributed by atoms with van der Waals surface area (Å²) in [7, 11) is 2.65. The number of carbonyl (C=O) groups is 4. The average molecular weight is 683 g/mol. The van der Waals surface area contributed by atoms with E-state index < -0.39 is 12.2 Å². The third-order valence-corrected chi connectivity index (χ3v) is 9.73. The third-order valence-electron chi connectivity index (χ3n) is 9.73. The lowest BCUT2D eigenvalue weighted by Gasteiger charge is -2.29. The van der Waals surface area contributed by atoms with Crippen molar-refractivity contribution >= 4 is 24.0 Å². The molecule has 0 radical (unpaired) electrons. The van der Waals surface area contributed by atoms with Crippen LogP contribution in [0.5, 0.6) is 0 Å². The topological polar surface area (TPSA) is 177 Å². The maximum atomic E-state index is 13.0. The van der Waals surface area contributed by atoms with Gasteiger partial charge in [0.15, 0.2) is 0 Å². The molecule has 6 rings (SSSR count). The second kappa shape index (κ2) is 14.4. The summed E-state index contributed by atoms with van der Waals surface area (Å²) in [6, 6.07) is 15.9. The van der Waals surface area contributed by atoms with Gasteiger partial charge in [0.05, 0.1) is 43.0 Å². The van der Waals surface area contributed by atoms with E-state index in [1.165, 1.54) is 14.2 Å². The minimum absolute atomic E-state index is 0.00968. The molecule has 0 bridgehead atoms. The number of nitrogens with zero attached hydrogens (tertiary/aromatic N) is 5. The summed E-state index contributed by atoms with van der Waals surface area (Å²) in [5.74, 6) is 0.982. The molecule has 14 heteroatoms. The monoisotopic (exact) mass is 682 g/mol. The van der Waals surface area contributed by atoms with Crippen LogP contribution in [0.4, 0.5) is 9.59 Å². The average Bonchev–Trinajstić information content (AvgIpc) is 3.94. The predicted molar refractivity (Wildman–Crippen MR) is 185 cm³/mol. The molecule has 14 nitrogen and oxygen atoms in total. The van der Waals surface area contributed by atoms with Crippen molar-refractivity contribution in [1.82, 2.24) is 40.0 Å². The quantitative estimate of drug-likeness (QED) is 0.186. The van der Waals surface area contributed by atoms with Gasteiger partial charge in [-0.2, -0.15) is 0 Å². The molecule has 50 heavy (non-hydrogen) atoms. The molecule has 4 heterocycles. The summed E-state index contributed by atoms with van der Waals surface area (Å²) >= 11 is 0. The number of likely N-dealkylation sites (N-methyl/N-ethyl adjacent to an activating group) is 1. The van der Waals surface area contributed by atoms with Crippen LogP contribution in [0.2, 0.25) is 0 Å². The van der Waals surface area contributed by atoms with Crippen molar-refractivity contribution in [2.45, 2.75) is 63.7 Å². The number of aromatic amines is 2. The first-order valence-electron chi connectivity index (χ1n) is 16.7. The van der Waals surface area contributed by atoms with Gasteiger partial charge in [-0.05, 0) is 61.8 Å². The van der Waals surface area contributed by atoms with Crippen LogP contribution in [0.15, 0.2) is 60.9 Å². The van der Waals surface area contributed by atoms with Crippen molar-refractivity contribution < 1.29 is 29.0 Å². The van der Waals surface area contributed by atoms with E-state index in [2.05, 4.69) is 54.3 Å². The van der Waals surface area contributed by atoms with Gasteiger partial charge in [0, 0.05) is 19.1 Å². The Kier molecular flexibility index (Phi) is 9.88. The molecule has 0 saturated carbocycles. The van der Waals surface area contributed by atoms with Gasteiger partial charge in [-0.1, -0.05) is 48.5 Å². The maximum Gasteiger partial charge on any atom is 0.407 e. The highest BCUT2D eigenvalue weighted by Gasteiger charge is 2.38. The number of amides is 4. The molecule has 2 saturated heterocycles. The van der Waals surface area contributed by atoms with Gasteiger partial charge in [-0.3, -0.25) is 9.59 Å². The molecule has 262 valence electrons. The summed E-state index contributed by atoms with van der Waals surface area (Å²) in [5, 5.41) is 11.7. The summed E-state index contributed by atoms with van der Waals surface area (Å²) in [5.41, 5.74) is 5.70. The van der Waals surface area contributed by atoms with E-state index in [1.54, 1.807) is 22.2 Å². The molecular formula is C36H42N8O6. The number of carbonyl (C=O) groups excluding carboxylic acids is 3. The first kappa shape index (κ1) is 34.2. The Morgan fingerprint density at radius 1 is 0.780 bits per heavy atom. The standard InChI is InChI=1S/C36H42N8O6/c1-21-5-15-29(43(21)31(45)19-39-35(47)50-4)33-37-17-27(40-33)25-11-7-23(8-12-25)24-9-13-26(14-10-24)28-18-38-34(41-28)30-16-6-22(2)44(30)32(46)20-42(3)36(48)49/h7-14,17-18,21-22,29-30H,5-6,15-16,19-20H2,1-4H3,(H,37,40)(H,38,41)(H,39,47)(H,48,49)/t21-,22-,29-,30-/m0/s1. The highest BCUT2D eigenvalue weighted by Crippen LogP contribution is 2.37. The number of nitrogens with one attached hydrogen (secondary N) is 3. The maximum absolute atomic E-state index is 13.0. The lowest BCUT2D eigenvalue weighted by molar-refractivity contribution is -0.135. The minimum Gasteiger partial charge on any atom is -0.465 e. The van der Waals surface area contributed by atoms with Crippen molar-refractivity contribution in [3.63, 3.8) is 0 Å². The van der Waals surface area contributed by atoms with E-state index in [-0.39, 0.29) is 49.1 Å². The lowest BCUT2D eigenvalue weighted by Crippen LogP contribution is -2.43. The number of benzene rings is 2. The Bertz CT molecular complexity index is 1850. The second-order valence-corrected chi connectivity index (χ2v) is 13.0. The van der Waals surface area contributed by atoms with Gasteiger partial charge in [0.2, 0.25) is 11.8 Å². The molecule has 2 aromatic heterocycles. The summed E-state index contributed by atoms with van der Waals surface area (Å²) < 4.78 is 4.59. The van der Waals surface area contributed by atoms with Crippen LogP contribution >= 0.6 is 0 Å². The Morgan fingerprint density at radius 3 is 1.66 bits per heavy atom. The Hall–Kier alpha value is -5.66. The molecule has 4 N–H and O–H groups in total. The number of aromatic nitrogens is 4. The zero-order valence-corrected chi connectivity index (χ0v) is 28.6. The molecule has 4 atom stereocenters. The van der Waals surface area contributed by atoms with Crippen LogP contribution in [0, 0.1) is 0 Å². The first-order valence-corrected chi connectivity index (χ1v) is 16.7. The zero-order valence-electron chi connectivity index (χ0n) is 28.6. The smallest absolute Gasteiger partial charge is 0.407 e. The van der Waals surface area contributed by atoms with E-state index in [0.717, 1.165) is 64.2 Å². The van der Waals surface area contributed by atoms with Crippen molar-refractivity contribution in [3.8, 4) is 33.6 Å². The van der Waals surface area contributed by atoms with E-state index in [4.69, 9.17) is 0 Å². The molecule has 2 fully saturated rings. The number of H-pyrrole nitrogens is 2. The molecule has 0 unspecified atom stereocenters. The Labute approximate surface area is 289 Å². The van der Waals surface area contributed by atoms with Crippen molar-refractivity contribution in [1.29, 1.82) is 0 Å². The first-order chi connectivity index (χ1) is 24.0. The van der Waals surface area contributed by atoms with E-state index >= 15 is 0 Å². The Morgan fingerprint density at radius 2 is 1.22 bits per heavy atom. The van der Waals surface area contributed by atoms with Crippen LogP contribution in [-0.2, 0) is 14.3 Å². The second-order valence-electron chi connectivity index (χ2n) is 13.0. The molecule has 0 spiro atoms. The fourth-order valence-electron chi connectivity index (χ4n) is 7.00. The number of ether oxygens (including phenoxy) is 1. The number of hydrogen-bond donors (Lipinski definition) is 4. The molecule has 2 aliphatic heterocycles. The summed E-state index contributed by atoms with van der Waals surface area (Å²) in [6.07, 6.45) is 4.95. The third kappa shape index (κ3) is 7.05. The van der Waals surface area contributed by atoms with Crippen LogP contribution < -0.4 is 5.32 Å². The van der Waals surface area contributed by atoms with Gasteiger partial charge in [-0.15, -0.1) is 0 Å². The Balaban J connectivity index is 1.11. The largest absolute Gasteiger partial charge is 0.465 e. The molecular weight excluding hydrogens is 640 g/mol. The SMILES string of the molecule is COC(=O)NCC(=O)N1[C@@H](C)CC[C@H]1c1ncc(-c2ccc(-c3ccc(-c4cnc([C@@H]5CC[C@H](C)N5C(=O)CN(C)C(=O)O)[nH]4)cc3)cc2)[nH]1. The van der Waals surface area contributed by atoms with Crippen molar-refractivity contribution in [2.75, 3.05) is 27.2 Å². The number of alkyl carbamates (subject to hydrolysis) is 1. The van der Waals surface area contributed by atoms with Gasteiger partial charge in [0.1, 0.15) is 24.7 Å². The molecule has 2 aliphatic rings. The molecule has 2 aromatic carbocycles. The predicted octanol–water partition coefficient (Wildman–Crippen LogP) is 5.20. The number of rotatable bonds is 9. The van der Waals surface area contributed by atoms with Crippen LogP contribution in [0.1, 0.15) is 63.3 Å². The summed E-state index contributed by atoms with van der Waals surface area (Å²) in [4.78, 5) is 69.2. The lowest BCUT2D eigenvalue weighted by atomic mass is 10.0. The van der Waals surface area contributed by atoms with Crippen LogP contribution in [0.25, 0.3) is 33.6 Å².